The number of hydrogen-bond donors (Lipinski definition) is 0. The van der Waals surface area contributed by atoms with Crippen molar-refractivity contribution in [1.29, 1.82) is 0 Å². The lowest BCUT2D eigenvalue weighted by Crippen LogP contribution is -2.19. The zero-order valence-corrected chi connectivity index (χ0v) is 10.7. The fourth-order valence-corrected chi connectivity index (χ4v) is 2.39. The molecule has 0 unspecified atom stereocenters. The molecule has 0 bridgehead atoms. The Morgan fingerprint density at radius 3 is 2.95 bits per heavy atom. The lowest BCUT2D eigenvalue weighted by Gasteiger charge is -2.23. The Bertz CT molecular complexity index is 602. The van der Waals surface area contributed by atoms with Crippen LogP contribution in [0.5, 0.6) is 0 Å². The van der Waals surface area contributed by atoms with Crippen molar-refractivity contribution in [3.63, 3.8) is 0 Å². The van der Waals surface area contributed by atoms with Crippen LogP contribution in [0.2, 0.25) is 0 Å². The molecule has 0 aliphatic carbocycles. The van der Waals surface area contributed by atoms with E-state index in [2.05, 4.69) is 19.3 Å². The number of nitrogens with zero attached hydrogens (tertiary/aromatic N) is 3. The molecule has 0 amide bonds. The first-order valence-corrected chi connectivity index (χ1v) is 6.29. The number of hydrogen-bond acceptors (Lipinski definition) is 5. The molecule has 6 nitrogen and oxygen atoms in total. The Morgan fingerprint density at radius 1 is 1.42 bits per heavy atom. The molecule has 0 radical (unpaired) electrons. The van der Waals surface area contributed by atoms with Gasteiger partial charge in [0.2, 0.25) is 0 Å². The van der Waals surface area contributed by atoms with Gasteiger partial charge in [-0.3, -0.25) is 0 Å². The van der Waals surface area contributed by atoms with E-state index in [4.69, 9.17) is 4.74 Å². The van der Waals surface area contributed by atoms with Crippen LogP contribution in [0.1, 0.15) is 29.4 Å². The van der Waals surface area contributed by atoms with Crippen molar-refractivity contribution >= 4 is 17.1 Å². The number of imidazole rings is 1. The highest BCUT2D eigenvalue weighted by Crippen LogP contribution is 2.24. The molecule has 0 atom stereocenters. The van der Waals surface area contributed by atoms with Gasteiger partial charge < -0.3 is 14.0 Å². The Kier molecular flexibility index (Phi) is 3.16. The van der Waals surface area contributed by atoms with E-state index < -0.39 is 5.97 Å². The van der Waals surface area contributed by atoms with Gasteiger partial charge in [0.05, 0.1) is 19.0 Å². The molecule has 1 aliphatic rings. The third kappa shape index (κ3) is 2.19. The minimum absolute atomic E-state index is 0.284. The molecule has 2 aromatic heterocycles. The van der Waals surface area contributed by atoms with Crippen LogP contribution in [-0.4, -0.2) is 40.8 Å². The monoisotopic (exact) mass is 261 g/mol. The van der Waals surface area contributed by atoms with Crippen molar-refractivity contribution in [1.82, 2.24) is 14.5 Å². The number of methoxy groups -OCH3 is 1. The molecule has 0 saturated carbocycles. The fourth-order valence-electron chi connectivity index (χ4n) is 2.39. The number of pyridine rings is 1. The number of rotatable bonds is 2. The highest BCUT2D eigenvalue weighted by molar-refractivity contribution is 5.89. The quantitative estimate of drug-likeness (QED) is 0.768. The molecule has 6 heteroatoms. The number of carbonyl (C=O) groups is 1. The maximum atomic E-state index is 11.4. The summed E-state index contributed by atoms with van der Waals surface area (Å²) in [5, 5.41) is 0. The van der Waals surface area contributed by atoms with Crippen molar-refractivity contribution in [3.8, 4) is 0 Å². The second kappa shape index (κ2) is 4.97. The van der Waals surface area contributed by atoms with Crippen LogP contribution in [-0.2, 0) is 9.47 Å². The number of esters is 1. The van der Waals surface area contributed by atoms with E-state index in [1.165, 1.54) is 7.11 Å². The second-order valence-corrected chi connectivity index (χ2v) is 4.53. The first-order chi connectivity index (χ1) is 9.29. The summed E-state index contributed by atoms with van der Waals surface area (Å²) in [6, 6.07) is 3.94. The number of carbonyl (C=O) groups excluding carboxylic acids is 1. The smallest absolute Gasteiger partial charge is 0.356 e. The molecular weight excluding hydrogens is 246 g/mol. The van der Waals surface area contributed by atoms with Crippen molar-refractivity contribution in [2.45, 2.75) is 18.9 Å². The summed E-state index contributed by atoms with van der Waals surface area (Å²) in [5.74, 6) is -0.442. The lowest BCUT2D eigenvalue weighted by atomic mass is 10.1. The van der Waals surface area contributed by atoms with Gasteiger partial charge in [0.25, 0.3) is 0 Å². The van der Waals surface area contributed by atoms with Crippen LogP contribution in [0.4, 0.5) is 0 Å². The third-order valence-corrected chi connectivity index (χ3v) is 3.42. The maximum absolute atomic E-state index is 11.4. The first-order valence-electron chi connectivity index (χ1n) is 6.29. The fraction of sp³-hybridized carbons (Fsp3) is 0.462. The van der Waals surface area contributed by atoms with Crippen molar-refractivity contribution in [3.05, 3.63) is 24.2 Å². The minimum Gasteiger partial charge on any atom is -0.464 e. The van der Waals surface area contributed by atoms with Gasteiger partial charge in [0.1, 0.15) is 0 Å². The van der Waals surface area contributed by atoms with E-state index in [0.717, 1.165) is 31.6 Å². The summed E-state index contributed by atoms with van der Waals surface area (Å²) < 4.78 is 12.1. The zero-order chi connectivity index (χ0) is 13.2. The topological polar surface area (TPSA) is 66.2 Å². The van der Waals surface area contributed by atoms with Crippen LogP contribution in [0.3, 0.4) is 0 Å². The molecule has 100 valence electrons. The summed E-state index contributed by atoms with van der Waals surface area (Å²) >= 11 is 0. The molecule has 1 fully saturated rings. The predicted octanol–water partition coefficient (Wildman–Crippen LogP) is 1.57. The first kappa shape index (κ1) is 12.1. The number of aromatic nitrogens is 3. The average molecular weight is 261 g/mol. The molecule has 3 heterocycles. The average Bonchev–Trinajstić information content (AvgIpc) is 2.90. The minimum atomic E-state index is -0.442. The van der Waals surface area contributed by atoms with Crippen molar-refractivity contribution in [2.75, 3.05) is 20.3 Å². The van der Waals surface area contributed by atoms with E-state index in [1.54, 1.807) is 12.4 Å². The maximum Gasteiger partial charge on any atom is 0.356 e. The highest BCUT2D eigenvalue weighted by Gasteiger charge is 2.19. The molecule has 0 spiro atoms. The van der Waals surface area contributed by atoms with Crippen LogP contribution < -0.4 is 0 Å². The molecule has 19 heavy (non-hydrogen) atoms. The summed E-state index contributed by atoms with van der Waals surface area (Å²) in [6.07, 6.45) is 3.74. The largest absolute Gasteiger partial charge is 0.464 e. The standard InChI is InChI=1S/C13H15N3O3/c1-18-13(17)10-2-3-11-12(15-10)14-8-16(11)9-4-6-19-7-5-9/h2-3,8-9H,4-7H2,1H3. The molecule has 1 saturated heterocycles. The summed E-state index contributed by atoms with van der Waals surface area (Å²) in [4.78, 5) is 19.9. The van der Waals surface area contributed by atoms with Gasteiger partial charge in [-0.25, -0.2) is 14.8 Å². The Labute approximate surface area is 110 Å². The normalized spacial score (nSPS) is 16.7. The van der Waals surface area contributed by atoms with E-state index >= 15 is 0 Å². The molecule has 0 aromatic carbocycles. The molecule has 1 aliphatic heterocycles. The highest BCUT2D eigenvalue weighted by atomic mass is 16.5. The second-order valence-electron chi connectivity index (χ2n) is 4.53. The van der Waals surface area contributed by atoms with E-state index in [9.17, 15) is 4.79 Å². The van der Waals surface area contributed by atoms with Gasteiger partial charge in [-0.2, -0.15) is 0 Å². The van der Waals surface area contributed by atoms with E-state index in [0.29, 0.717) is 11.7 Å². The van der Waals surface area contributed by atoms with Gasteiger partial charge in [0, 0.05) is 19.3 Å². The van der Waals surface area contributed by atoms with Gasteiger partial charge in [-0.05, 0) is 25.0 Å². The van der Waals surface area contributed by atoms with Gasteiger partial charge in [-0.1, -0.05) is 0 Å². The van der Waals surface area contributed by atoms with Crippen molar-refractivity contribution < 1.29 is 14.3 Å². The Hall–Kier alpha value is -1.95. The van der Waals surface area contributed by atoms with Crippen LogP contribution in [0, 0.1) is 0 Å². The molecule has 3 rings (SSSR count). The van der Waals surface area contributed by atoms with Crippen LogP contribution in [0.15, 0.2) is 18.5 Å². The molecular formula is C13H15N3O3. The van der Waals surface area contributed by atoms with E-state index in [-0.39, 0.29) is 5.69 Å². The summed E-state index contributed by atoms with van der Waals surface area (Å²) in [7, 11) is 1.34. The van der Waals surface area contributed by atoms with Crippen LogP contribution >= 0.6 is 0 Å². The summed E-state index contributed by atoms with van der Waals surface area (Å²) in [5.41, 5.74) is 1.81. The van der Waals surface area contributed by atoms with Gasteiger partial charge in [-0.15, -0.1) is 0 Å². The Morgan fingerprint density at radius 2 is 2.21 bits per heavy atom. The predicted molar refractivity (Wildman–Crippen MR) is 68.0 cm³/mol. The van der Waals surface area contributed by atoms with Gasteiger partial charge in [0.15, 0.2) is 11.3 Å². The lowest BCUT2D eigenvalue weighted by molar-refractivity contribution is 0.0594. The van der Waals surface area contributed by atoms with Gasteiger partial charge >= 0.3 is 5.97 Å². The summed E-state index contributed by atoms with van der Waals surface area (Å²) in [6.45, 7) is 1.55. The molecule has 2 aromatic rings. The van der Waals surface area contributed by atoms with Crippen LogP contribution in [0.25, 0.3) is 11.2 Å². The SMILES string of the molecule is COC(=O)c1ccc2c(ncn2C2CCOCC2)n1. The third-order valence-electron chi connectivity index (χ3n) is 3.42. The zero-order valence-electron chi connectivity index (χ0n) is 10.7. The molecule has 0 N–H and O–H groups in total. The van der Waals surface area contributed by atoms with Crippen molar-refractivity contribution in [2.24, 2.45) is 0 Å². The Balaban J connectivity index is 1.97. The number of fused-ring (bicyclic) bond motifs is 1. The van der Waals surface area contributed by atoms with E-state index in [1.807, 2.05) is 6.07 Å². The number of ether oxygens (including phenoxy) is 2.